The van der Waals surface area contributed by atoms with Gasteiger partial charge in [0, 0.05) is 10.4 Å². The van der Waals surface area contributed by atoms with Crippen LogP contribution in [0.5, 0.6) is 5.75 Å². The number of benzene rings is 1. The van der Waals surface area contributed by atoms with Gasteiger partial charge in [-0.25, -0.2) is 9.78 Å². The predicted molar refractivity (Wildman–Crippen MR) is 93.3 cm³/mol. The van der Waals surface area contributed by atoms with Crippen LogP contribution in [-0.4, -0.2) is 24.3 Å². The fourth-order valence-corrected chi connectivity index (χ4v) is 2.85. The molecule has 0 unspecified atom stereocenters. The summed E-state index contributed by atoms with van der Waals surface area (Å²) in [5.41, 5.74) is 1.86. The number of unbranched alkanes of at least 4 members (excludes halogenated alkanes) is 1. The second-order valence-electron chi connectivity index (χ2n) is 5.00. The van der Waals surface area contributed by atoms with Gasteiger partial charge in [-0.2, -0.15) is 0 Å². The Morgan fingerprint density at radius 2 is 2.00 bits per heavy atom. The van der Waals surface area contributed by atoms with Gasteiger partial charge in [0.2, 0.25) is 0 Å². The number of aryl methyl sites for hydroxylation is 1. The zero-order chi connectivity index (χ0) is 16.7. The van der Waals surface area contributed by atoms with Crippen molar-refractivity contribution in [1.29, 1.82) is 0 Å². The summed E-state index contributed by atoms with van der Waals surface area (Å²) >= 11 is 1.44. The summed E-state index contributed by atoms with van der Waals surface area (Å²) < 4.78 is 10.5. The molecule has 0 bridgehead atoms. The molecule has 0 fully saturated rings. The second-order valence-corrected chi connectivity index (χ2v) is 6.20. The monoisotopic (exact) mass is 334 g/mol. The third-order valence-corrected chi connectivity index (χ3v) is 4.06. The summed E-state index contributed by atoms with van der Waals surface area (Å²) in [6, 6.07) is 7.78. The molecule has 1 aromatic heterocycles. The molecule has 1 amide bonds. The number of ether oxygens (including phenoxy) is 2. The van der Waals surface area contributed by atoms with Crippen LogP contribution in [0.25, 0.3) is 11.3 Å². The molecule has 2 rings (SSSR count). The summed E-state index contributed by atoms with van der Waals surface area (Å²) in [7, 11) is 0. The molecule has 0 aliphatic heterocycles. The van der Waals surface area contributed by atoms with Gasteiger partial charge in [-0.05, 0) is 44.5 Å². The number of amides is 1. The normalized spacial score (nSPS) is 10.4. The highest BCUT2D eigenvalue weighted by atomic mass is 32.1. The Balaban J connectivity index is 2.04. The number of anilines is 1. The lowest BCUT2D eigenvalue weighted by atomic mass is 10.1. The van der Waals surface area contributed by atoms with Gasteiger partial charge in [0.1, 0.15) is 5.75 Å². The number of nitrogens with zero attached hydrogens (tertiary/aromatic N) is 1. The van der Waals surface area contributed by atoms with Crippen molar-refractivity contribution in [3.8, 4) is 17.0 Å². The Morgan fingerprint density at radius 1 is 1.26 bits per heavy atom. The van der Waals surface area contributed by atoms with Crippen LogP contribution in [0.15, 0.2) is 24.3 Å². The number of carbonyl (C=O) groups is 1. The van der Waals surface area contributed by atoms with E-state index in [1.165, 1.54) is 11.3 Å². The lowest BCUT2D eigenvalue weighted by Gasteiger charge is -2.04. The SMILES string of the molecule is CCCCOC(=O)Nc1nc(-c2ccc(OCC)cc2)c(C)s1. The molecular formula is C17H22N2O3S. The zero-order valence-electron chi connectivity index (χ0n) is 13.7. The standard InChI is InChI=1S/C17H22N2O3S/c1-4-6-11-22-17(20)19-16-18-15(12(3)23-16)13-7-9-14(10-8-13)21-5-2/h7-10H,4-6,11H2,1-3H3,(H,18,19,20). The van der Waals surface area contributed by atoms with Gasteiger partial charge in [0.25, 0.3) is 0 Å². The quantitative estimate of drug-likeness (QED) is 0.734. The highest BCUT2D eigenvalue weighted by molar-refractivity contribution is 7.16. The van der Waals surface area contributed by atoms with Gasteiger partial charge < -0.3 is 9.47 Å². The van der Waals surface area contributed by atoms with Crippen LogP contribution in [0.3, 0.4) is 0 Å². The zero-order valence-corrected chi connectivity index (χ0v) is 14.5. The van der Waals surface area contributed by atoms with Crippen LogP contribution in [-0.2, 0) is 4.74 Å². The summed E-state index contributed by atoms with van der Waals surface area (Å²) in [6.07, 6.45) is 1.40. The number of nitrogens with one attached hydrogen (secondary N) is 1. The second kappa shape index (κ2) is 8.53. The fraction of sp³-hybridized carbons (Fsp3) is 0.412. The average Bonchev–Trinajstić information content (AvgIpc) is 2.89. The molecule has 0 saturated heterocycles. The van der Waals surface area contributed by atoms with Crippen LogP contribution in [0.1, 0.15) is 31.6 Å². The minimum absolute atomic E-state index is 0.429. The smallest absolute Gasteiger partial charge is 0.413 e. The molecular weight excluding hydrogens is 312 g/mol. The van der Waals surface area contributed by atoms with Crippen LogP contribution < -0.4 is 10.1 Å². The first kappa shape index (κ1) is 17.3. The minimum Gasteiger partial charge on any atom is -0.494 e. The molecule has 6 heteroatoms. The lowest BCUT2D eigenvalue weighted by molar-refractivity contribution is 0.160. The van der Waals surface area contributed by atoms with E-state index in [0.29, 0.717) is 18.3 Å². The molecule has 1 aromatic carbocycles. The molecule has 5 nitrogen and oxygen atoms in total. The first-order chi connectivity index (χ1) is 11.1. The van der Waals surface area contributed by atoms with Crippen LogP contribution in [0.2, 0.25) is 0 Å². The van der Waals surface area contributed by atoms with Crippen molar-refractivity contribution in [2.75, 3.05) is 18.5 Å². The van der Waals surface area contributed by atoms with E-state index >= 15 is 0 Å². The van der Waals surface area contributed by atoms with Crippen molar-refractivity contribution in [1.82, 2.24) is 4.98 Å². The van der Waals surface area contributed by atoms with Gasteiger partial charge in [-0.1, -0.05) is 13.3 Å². The molecule has 23 heavy (non-hydrogen) atoms. The van der Waals surface area contributed by atoms with Crippen molar-refractivity contribution >= 4 is 22.6 Å². The number of aromatic nitrogens is 1. The molecule has 0 spiro atoms. The molecule has 0 saturated carbocycles. The fourth-order valence-electron chi connectivity index (χ4n) is 2.03. The number of rotatable bonds is 7. The Morgan fingerprint density at radius 3 is 2.65 bits per heavy atom. The molecule has 1 N–H and O–H groups in total. The highest BCUT2D eigenvalue weighted by Crippen LogP contribution is 2.31. The van der Waals surface area contributed by atoms with Crippen molar-refractivity contribution in [3.05, 3.63) is 29.1 Å². The van der Waals surface area contributed by atoms with Crippen molar-refractivity contribution in [2.24, 2.45) is 0 Å². The minimum atomic E-state index is -0.453. The van der Waals surface area contributed by atoms with Crippen molar-refractivity contribution in [3.63, 3.8) is 0 Å². The van der Waals surface area contributed by atoms with Gasteiger partial charge in [-0.3, -0.25) is 5.32 Å². The summed E-state index contributed by atoms with van der Waals surface area (Å²) in [5, 5.41) is 3.23. The number of thiazole rings is 1. The number of carbonyl (C=O) groups excluding carboxylic acids is 1. The first-order valence-electron chi connectivity index (χ1n) is 7.78. The maximum atomic E-state index is 11.7. The van der Waals surface area contributed by atoms with E-state index in [1.54, 1.807) is 0 Å². The number of hydrogen-bond donors (Lipinski definition) is 1. The van der Waals surface area contributed by atoms with Crippen LogP contribution in [0, 0.1) is 6.92 Å². The van der Waals surface area contributed by atoms with Crippen LogP contribution >= 0.6 is 11.3 Å². The molecule has 0 radical (unpaired) electrons. The Hall–Kier alpha value is -2.08. The summed E-state index contributed by atoms with van der Waals surface area (Å²) in [5.74, 6) is 0.835. The molecule has 2 aromatic rings. The highest BCUT2D eigenvalue weighted by Gasteiger charge is 2.12. The van der Waals surface area contributed by atoms with Crippen molar-refractivity contribution < 1.29 is 14.3 Å². The molecule has 0 atom stereocenters. The first-order valence-corrected chi connectivity index (χ1v) is 8.60. The third-order valence-electron chi connectivity index (χ3n) is 3.18. The van der Waals surface area contributed by atoms with E-state index < -0.39 is 6.09 Å². The van der Waals surface area contributed by atoms with E-state index in [2.05, 4.69) is 17.2 Å². The Kier molecular flexibility index (Phi) is 6.40. The number of hydrogen-bond acceptors (Lipinski definition) is 5. The van der Waals surface area contributed by atoms with Gasteiger partial charge >= 0.3 is 6.09 Å². The van der Waals surface area contributed by atoms with Crippen LogP contribution in [0.4, 0.5) is 9.93 Å². The Bertz CT molecular complexity index is 638. The maximum absolute atomic E-state index is 11.7. The van der Waals surface area contributed by atoms with Crippen molar-refractivity contribution in [2.45, 2.75) is 33.6 Å². The van der Waals surface area contributed by atoms with Gasteiger partial charge in [0.15, 0.2) is 5.13 Å². The van der Waals surface area contributed by atoms with E-state index in [1.807, 2.05) is 38.1 Å². The van der Waals surface area contributed by atoms with Gasteiger partial charge in [-0.15, -0.1) is 11.3 Å². The lowest BCUT2D eigenvalue weighted by Crippen LogP contribution is -2.14. The van der Waals surface area contributed by atoms with E-state index in [-0.39, 0.29) is 0 Å². The van der Waals surface area contributed by atoms with Gasteiger partial charge in [0.05, 0.1) is 18.9 Å². The Labute approximate surface area is 140 Å². The third kappa shape index (κ3) is 4.96. The molecule has 1 heterocycles. The van der Waals surface area contributed by atoms with E-state index in [9.17, 15) is 4.79 Å². The molecule has 0 aliphatic rings. The van der Waals surface area contributed by atoms with E-state index in [0.717, 1.165) is 34.7 Å². The average molecular weight is 334 g/mol. The van der Waals surface area contributed by atoms with E-state index in [4.69, 9.17) is 9.47 Å². The summed E-state index contributed by atoms with van der Waals surface area (Å²) in [4.78, 5) is 17.2. The summed E-state index contributed by atoms with van der Waals surface area (Å²) in [6.45, 7) is 7.06. The largest absolute Gasteiger partial charge is 0.494 e. The molecule has 124 valence electrons. The topological polar surface area (TPSA) is 60.5 Å². The maximum Gasteiger partial charge on any atom is 0.413 e. The predicted octanol–water partition coefficient (Wildman–Crippen LogP) is 4.87. The molecule has 0 aliphatic carbocycles.